The summed E-state index contributed by atoms with van der Waals surface area (Å²) in [6.45, 7) is 5.46. The fourth-order valence-electron chi connectivity index (χ4n) is 3.57. The van der Waals surface area contributed by atoms with Gasteiger partial charge in [-0.1, -0.05) is 38.7 Å². The lowest BCUT2D eigenvalue weighted by atomic mass is 9.80. The van der Waals surface area contributed by atoms with E-state index in [0.717, 1.165) is 25.2 Å². The van der Waals surface area contributed by atoms with Crippen LogP contribution in [0.5, 0.6) is 0 Å². The third kappa shape index (κ3) is 3.37. The largest absolute Gasteiger partial charge is 0.456 e. The Morgan fingerprint density at radius 3 is 2.39 bits per heavy atom. The van der Waals surface area contributed by atoms with Crippen LogP contribution in [-0.4, -0.2) is 11.6 Å². The van der Waals surface area contributed by atoms with Crippen molar-refractivity contribution in [3.8, 4) is 0 Å². The van der Waals surface area contributed by atoms with E-state index in [1.54, 1.807) is 6.92 Å². The maximum atomic E-state index is 11.9. The molecular weight excluding hydrogens is 224 g/mol. The molecule has 0 aromatic heterocycles. The number of carbonyl (C=O) groups excluding carboxylic acids is 1. The van der Waals surface area contributed by atoms with Crippen molar-refractivity contribution in [3.63, 3.8) is 0 Å². The Bertz CT molecular complexity index is 321. The highest BCUT2D eigenvalue weighted by Gasteiger charge is 2.38. The molecule has 2 aliphatic rings. The first-order valence-electron chi connectivity index (χ1n) is 7.50. The van der Waals surface area contributed by atoms with Gasteiger partial charge >= 0.3 is 5.97 Å². The van der Waals surface area contributed by atoms with Crippen molar-refractivity contribution in [2.24, 2.45) is 5.92 Å². The Balaban J connectivity index is 2.12. The standard InChI is InChI=1S/C16H26O2/c1-13(2)15(17)18-16-10-6-3-4-8-14(12-16)9-5-7-11-16/h14H,1,3-12H2,2H3. The van der Waals surface area contributed by atoms with E-state index in [4.69, 9.17) is 4.74 Å². The number of carbonyl (C=O) groups is 1. The molecule has 2 heteroatoms. The van der Waals surface area contributed by atoms with Gasteiger partial charge in [0.1, 0.15) is 5.60 Å². The van der Waals surface area contributed by atoms with Crippen LogP contribution in [0.1, 0.15) is 71.1 Å². The Kier molecular flexibility index (Phi) is 4.47. The topological polar surface area (TPSA) is 26.3 Å². The third-order valence-electron chi connectivity index (χ3n) is 4.56. The van der Waals surface area contributed by atoms with Gasteiger partial charge in [0.2, 0.25) is 0 Å². The number of rotatable bonds is 2. The summed E-state index contributed by atoms with van der Waals surface area (Å²) in [5.74, 6) is 0.585. The third-order valence-corrected chi connectivity index (χ3v) is 4.56. The molecule has 0 spiro atoms. The zero-order chi connectivity index (χ0) is 13.0. The molecule has 0 aliphatic heterocycles. The van der Waals surface area contributed by atoms with Crippen LogP contribution in [0.25, 0.3) is 0 Å². The number of hydrogen-bond acceptors (Lipinski definition) is 2. The maximum absolute atomic E-state index is 11.9. The van der Waals surface area contributed by atoms with Crippen LogP contribution in [0, 0.1) is 5.92 Å². The fourth-order valence-corrected chi connectivity index (χ4v) is 3.57. The zero-order valence-electron chi connectivity index (χ0n) is 11.7. The van der Waals surface area contributed by atoms with Crippen LogP contribution in [0.4, 0.5) is 0 Å². The lowest BCUT2D eigenvalue weighted by molar-refractivity contribution is -0.159. The normalized spacial score (nSPS) is 32.8. The summed E-state index contributed by atoms with van der Waals surface area (Å²) >= 11 is 0. The molecule has 2 aliphatic carbocycles. The average Bonchev–Trinajstić information content (AvgIpc) is 2.50. The van der Waals surface area contributed by atoms with Gasteiger partial charge in [-0.15, -0.1) is 0 Å². The molecule has 0 amide bonds. The second kappa shape index (κ2) is 5.90. The highest BCUT2D eigenvalue weighted by Crippen LogP contribution is 2.41. The Hall–Kier alpha value is -0.790. The van der Waals surface area contributed by atoms with E-state index in [-0.39, 0.29) is 11.6 Å². The average molecular weight is 250 g/mol. The minimum atomic E-state index is -0.184. The molecule has 2 nitrogen and oxygen atoms in total. The summed E-state index contributed by atoms with van der Waals surface area (Å²) in [7, 11) is 0. The van der Waals surface area contributed by atoms with Crippen molar-refractivity contribution >= 4 is 5.97 Å². The highest BCUT2D eigenvalue weighted by molar-refractivity contribution is 5.87. The van der Waals surface area contributed by atoms with Gasteiger partial charge in [-0.3, -0.25) is 0 Å². The minimum Gasteiger partial charge on any atom is -0.456 e. The molecule has 2 rings (SSSR count). The molecule has 2 fully saturated rings. The van der Waals surface area contributed by atoms with E-state index in [1.165, 1.54) is 44.9 Å². The Labute approximate surface area is 111 Å². The molecule has 2 unspecified atom stereocenters. The Morgan fingerprint density at radius 1 is 1.11 bits per heavy atom. The number of ether oxygens (including phenoxy) is 1. The molecule has 0 saturated heterocycles. The molecule has 0 radical (unpaired) electrons. The van der Waals surface area contributed by atoms with Crippen LogP contribution in [0.2, 0.25) is 0 Å². The lowest BCUT2D eigenvalue weighted by Gasteiger charge is -2.36. The summed E-state index contributed by atoms with van der Waals surface area (Å²) < 4.78 is 5.89. The van der Waals surface area contributed by atoms with Gasteiger partial charge in [-0.25, -0.2) is 4.79 Å². The first-order chi connectivity index (χ1) is 8.61. The van der Waals surface area contributed by atoms with Crippen molar-refractivity contribution in [2.75, 3.05) is 0 Å². The molecule has 0 heterocycles. The van der Waals surface area contributed by atoms with Gasteiger partial charge in [0.05, 0.1) is 0 Å². The van der Waals surface area contributed by atoms with Crippen molar-refractivity contribution in [1.82, 2.24) is 0 Å². The van der Waals surface area contributed by atoms with Crippen LogP contribution >= 0.6 is 0 Å². The van der Waals surface area contributed by atoms with E-state index in [1.807, 2.05) is 0 Å². The summed E-state index contributed by atoms with van der Waals surface area (Å²) in [5.41, 5.74) is 0.365. The van der Waals surface area contributed by atoms with Gasteiger partial charge in [0.25, 0.3) is 0 Å². The molecule has 2 saturated carbocycles. The molecule has 18 heavy (non-hydrogen) atoms. The molecular formula is C16H26O2. The molecule has 2 bridgehead atoms. The van der Waals surface area contributed by atoms with E-state index in [0.29, 0.717) is 5.57 Å². The first-order valence-corrected chi connectivity index (χ1v) is 7.50. The summed E-state index contributed by atoms with van der Waals surface area (Å²) in [4.78, 5) is 11.9. The van der Waals surface area contributed by atoms with E-state index in [9.17, 15) is 4.79 Å². The van der Waals surface area contributed by atoms with Gasteiger partial charge in [-0.05, 0) is 44.9 Å². The second-order valence-corrected chi connectivity index (χ2v) is 6.27. The predicted molar refractivity (Wildman–Crippen MR) is 73.3 cm³/mol. The quantitative estimate of drug-likeness (QED) is 0.536. The van der Waals surface area contributed by atoms with Crippen LogP contribution in [-0.2, 0) is 9.53 Å². The van der Waals surface area contributed by atoms with Crippen LogP contribution in [0.3, 0.4) is 0 Å². The Morgan fingerprint density at radius 2 is 1.72 bits per heavy atom. The molecule has 0 aromatic carbocycles. The van der Waals surface area contributed by atoms with Gasteiger partial charge in [-0.2, -0.15) is 0 Å². The van der Waals surface area contributed by atoms with Crippen LogP contribution in [0.15, 0.2) is 12.2 Å². The molecule has 0 aromatic rings. The molecule has 2 atom stereocenters. The maximum Gasteiger partial charge on any atom is 0.333 e. The van der Waals surface area contributed by atoms with Crippen LogP contribution < -0.4 is 0 Å². The smallest absolute Gasteiger partial charge is 0.333 e. The zero-order valence-corrected chi connectivity index (χ0v) is 11.7. The van der Waals surface area contributed by atoms with Crippen molar-refractivity contribution < 1.29 is 9.53 Å². The predicted octanol–water partition coefficient (Wildman–Crippen LogP) is 4.39. The van der Waals surface area contributed by atoms with Crippen molar-refractivity contribution in [1.29, 1.82) is 0 Å². The van der Waals surface area contributed by atoms with Gasteiger partial charge < -0.3 is 4.74 Å². The van der Waals surface area contributed by atoms with Gasteiger partial charge in [0.15, 0.2) is 0 Å². The van der Waals surface area contributed by atoms with Gasteiger partial charge in [0, 0.05) is 5.57 Å². The highest BCUT2D eigenvalue weighted by atomic mass is 16.6. The van der Waals surface area contributed by atoms with Crippen molar-refractivity contribution in [2.45, 2.75) is 76.7 Å². The second-order valence-electron chi connectivity index (χ2n) is 6.27. The monoisotopic (exact) mass is 250 g/mol. The number of hydrogen-bond donors (Lipinski definition) is 0. The lowest BCUT2D eigenvalue weighted by Crippen LogP contribution is -2.37. The number of esters is 1. The summed E-state index contributed by atoms with van der Waals surface area (Å²) in [6.07, 6.45) is 12.2. The summed E-state index contributed by atoms with van der Waals surface area (Å²) in [5, 5.41) is 0. The van der Waals surface area contributed by atoms with E-state index < -0.39 is 0 Å². The minimum absolute atomic E-state index is 0.169. The molecule has 0 N–H and O–H groups in total. The number of fused-ring (bicyclic) bond motifs is 2. The van der Waals surface area contributed by atoms with Crippen molar-refractivity contribution in [3.05, 3.63) is 12.2 Å². The fraction of sp³-hybridized carbons (Fsp3) is 0.812. The van der Waals surface area contributed by atoms with E-state index in [2.05, 4.69) is 6.58 Å². The molecule has 102 valence electrons. The first kappa shape index (κ1) is 13.6. The van der Waals surface area contributed by atoms with E-state index >= 15 is 0 Å². The SMILES string of the molecule is C=C(C)C(=O)OC12CCCCCC(CCCC1)C2. The summed E-state index contributed by atoms with van der Waals surface area (Å²) in [6, 6.07) is 0.